The molecule has 1 aromatic heterocycles. The number of nitrogens with zero attached hydrogens (tertiary/aromatic N) is 2. The van der Waals surface area contributed by atoms with Gasteiger partial charge in [0.2, 0.25) is 0 Å². The molecule has 2 N–H and O–H groups in total. The van der Waals surface area contributed by atoms with Crippen LogP contribution in [0.25, 0.3) is 0 Å². The van der Waals surface area contributed by atoms with E-state index in [0.29, 0.717) is 0 Å². The van der Waals surface area contributed by atoms with Crippen LogP contribution in [0.2, 0.25) is 0 Å². The first-order chi connectivity index (χ1) is 7.38. The molecule has 1 saturated heterocycles. The summed E-state index contributed by atoms with van der Waals surface area (Å²) in [4.78, 5) is 6.59. The quantitative estimate of drug-likeness (QED) is 0.877. The van der Waals surface area contributed by atoms with Gasteiger partial charge in [0.1, 0.15) is 6.26 Å². The number of aromatic nitrogens is 1. The molecular formula is C11H20ClN3O. The maximum Gasteiger partial charge on any atom is 0.180 e. The molecular weight excluding hydrogens is 226 g/mol. The van der Waals surface area contributed by atoms with Gasteiger partial charge in [0.25, 0.3) is 0 Å². The Morgan fingerprint density at radius 1 is 1.56 bits per heavy atom. The summed E-state index contributed by atoms with van der Waals surface area (Å²) in [6.07, 6.45) is 6.98. The zero-order valence-corrected chi connectivity index (χ0v) is 10.3. The fraction of sp³-hybridized carbons (Fsp3) is 0.727. The summed E-state index contributed by atoms with van der Waals surface area (Å²) < 4.78 is 4.97. The summed E-state index contributed by atoms with van der Waals surface area (Å²) in [7, 11) is 0. The van der Waals surface area contributed by atoms with Crippen molar-refractivity contribution in [2.45, 2.75) is 25.8 Å². The highest BCUT2D eigenvalue weighted by molar-refractivity contribution is 5.85. The normalized spacial score (nSPS) is 21.7. The van der Waals surface area contributed by atoms with E-state index in [0.717, 1.165) is 37.7 Å². The van der Waals surface area contributed by atoms with Crippen LogP contribution in [-0.2, 0) is 6.54 Å². The Morgan fingerprint density at radius 2 is 2.44 bits per heavy atom. The maximum absolute atomic E-state index is 5.59. The molecule has 0 bridgehead atoms. The lowest BCUT2D eigenvalue weighted by molar-refractivity contribution is 0.161. The van der Waals surface area contributed by atoms with Gasteiger partial charge in [0.15, 0.2) is 6.39 Å². The highest BCUT2D eigenvalue weighted by Gasteiger charge is 2.19. The molecule has 1 unspecified atom stereocenters. The monoisotopic (exact) mass is 245 g/mol. The van der Waals surface area contributed by atoms with Gasteiger partial charge in [-0.15, -0.1) is 12.4 Å². The van der Waals surface area contributed by atoms with Gasteiger partial charge in [0.05, 0.1) is 5.69 Å². The molecule has 1 fully saturated rings. The first-order valence-corrected chi connectivity index (χ1v) is 5.68. The lowest BCUT2D eigenvalue weighted by atomic mass is 9.95. The maximum atomic E-state index is 5.59. The Bertz CT molecular complexity index is 277. The molecule has 1 aliphatic heterocycles. The van der Waals surface area contributed by atoms with E-state index in [-0.39, 0.29) is 12.4 Å². The summed E-state index contributed by atoms with van der Waals surface area (Å²) in [5, 5.41) is 0. The summed E-state index contributed by atoms with van der Waals surface area (Å²) in [5.41, 5.74) is 6.63. The Kier molecular flexibility index (Phi) is 5.80. The molecule has 16 heavy (non-hydrogen) atoms. The second kappa shape index (κ2) is 6.89. The van der Waals surface area contributed by atoms with Crippen LogP contribution < -0.4 is 5.73 Å². The van der Waals surface area contributed by atoms with Crippen molar-refractivity contribution >= 4 is 12.4 Å². The van der Waals surface area contributed by atoms with E-state index < -0.39 is 0 Å². The van der Waals surface area contributed by atoms with Gasteiger partial charge in [-0.1, -0.05) is 0 Å². The van der Waals surface area contributed by atoms with E-state index in [9.17, 15) is 0 Å². The molecule has 0 saturated carbocycles. The number of nitrogens with two attached hydrogens (primary N) is 1. The average molecular weight is 246 g/mol. The van der Waals surface area contributed by atoms with Crippen LogP contribution in [0, 0.1) is 5.92 Å². The molecule has 0 amide bonds. The van der Waals surface area contributed by atoms with E-state index >= 15 is 0 Å². The van der Waals surface area contributed by atoms with Gasteiger partial charge < -0.3 is 10.2 Å². The average Bonchev–Trinajstić information content (AvgIpc) is 2.71. The largest absolute Gasteiger partial charge is 0.451 e. The smallest absolute Gasteiger partial charge is 0.180 e. The highest BCUT2D eigenvalue weighted by Crippen LogP contribution is 2.20. The van der Waals surface area contributed by atoms with Gasteiger partial charge in [-0.2, -0.15) is 0 Å². The fourth-order valence-electron chi connectivity index (χ4n) is 2.31. The lowest BCUT2D eigenvalue weighted by Gasteiger charge is -2.31. The van der Waals surface area contributed by atoms with Crippen LogP contribution in [-0.4, -0.2) is 29.5 Å². The summed E-state index contributed by atoms with van der Waals surface area (Å²) >= 11 is 0. The van der Waals surface area contributed by atoms with Crippen molar-refractivity contribution in [3.63, 3.8) is 0 Å². The second-order valence-corrected chi connectivity index (χ2v) is 4.30. The number of rotatable bonds is 4. The van der Waals surface area contributed by atoms with Crippen LogP contribution in [0.5, 0.6) is 0 Å². The van der Waals surface area contributed by atoms with Crippen LogP contribution in [0.1, 0.15) is 25.0 Å². The standard InChI is InChI=1S/C11H19N3O.ClH/c12-4-3-10-2-1-5-14(6-10)7-11-8-15-9-13-11;/h8-10H,1-7,12H2;1H. The van der Waals surface area contributed by atoms with E-state index in [4.69, 9.17) is 10.2 Å². The van der Waals surface area contributed by atoms with Crippen molar-refractivity contribution in [1.82, 2.24) is 9.88 Å². The Morgan fingerprint density at radius 3 is 3.12 bits per heavy atom. The van der Waals surface area contributed by atoms with Crippen LogP contribution in [0.3, 0.4) is 0 Å². The predicted molar refractivity (Wildman–Crippen MR) is 65.4 cm³/mol. The third-order valence-electron chi connectivity index (χ3n) is 3.05. The SMILES string of the molecule is Cl.NCCC1CCCN(Cc2cocn2)C1. The van der Waals surface area contributed by atoms with E-state index in [1.165, 1.54) is 25.8 Å². The predicted octanol–water partition coefficient (Wildman–Crippen LogP) is 1.66. The van der Waals surface area contributed by atoms with E-state index in [2.05, 4.69) is 9.88 Å². The van der Waals surface area contributed by atoms with Crippen LogP contribution >= 0.6 is 12.4 Å². The summed E-state index contributed by atoms with van der Waals surface area (Å²) in [5.74, 6) is 0.774. The second-order valence-electron chi connectivity index (χ2n) is 4.30. The van der Waals surface area contributed by atoms with Gasteiger partial charge in [-0.05, 0) is 38.3 Å². The van der Waals surface area contributed by atoms with Crippen molar-refractivity contribution < 1.29 is 4.42 Å². The summed E-state index contributed by atoms with van der Waals surface area (Å²) in [6.45, 7) is 4.05. The molecule has 1 atom stereocenters. The first kappa shape index (κ1) is 13.5. The van der Waals surface area contributed by atoms with Gasteiger partial charge in [-0.3, -0.25) is 4.90 Å². The Balaban J connectivity index is 0.00000128. The van der Waals surface area contributed by atoms with Crippen molar-refractivity contribution in [1.29, 1.82) is 0 Å². The van der Waals surface area contributed by atoms with Gasteiger partial charge in [-0.25, -0.2) is 4.98 Å². The van der Waals surface area contributed by atoms with Gasteiger partial charge in [0, 0.05) is 13.1 Å². The van der Waals surface area contributed by atoms with Crippen molar-refractivity contribution in [2.24, 2.45) is 11.7 Å². The summed E-state index contributed by atoms with van der Waals surface area (Å²) in [6, 6.07) is 0. The molecule has 0 aromatic carbocycles. The van der Waals surface area contributed by atoms with Crippen molar-refractivity contribution in [2.75, 3.05) is 19.6 Å². The number of halogens is 1. The lowest BCUT2D eigenvalue weighted by Crippen LogP contribution is -2.35. The molecule has 1 aromatic rings. The minimum atomic E-state index is 0. The number of likely N-dealkylation sites (tertiary alicyclic amines) is 1. The molecule has 2 heterocycles. The Labute approximate surface area is 103 Å². The number of hydrogen-bond acceptors (Lipinski definition) is 4. The zero-order chi connectivity index (χ0) is 10.5. The third kappa shape index (κ3) is 3.77. The van der Waals surface area contributed by atoms with Crippen molar-refractivity contribution in [3.05, 3.63) is 18.4 Å². The zero-order valence-electron chi connectivity index (χ0n) is 9.47. The molecule has 2 rings (SSSR count). The molecule has 4 nitrogen and oxygen atoms in total. The molecule has 5 heteroatoms. The van der Waals surface area contributed by atoms with Crippen molar-refractivity contribution in [3.8, 4) is 0 Å². The molecule has 0 radical (unpaired) electrons. The number of oxazole rings is 1. The van der Waals surface area contributed by atoms with E-state index in [1.807, 2.05) is 0 Å². The minimum Gasteiger partial charge on any atom is -0.451 e. The number of hydrogen-bond donors (Lipinski definition) is 1. The van der Waals surface area contributed by atoms with Crippen LogP contribution in [0.15, 0.2) is 17.1 Å². The van der Waals surface area contributed by atoms with Gasteiger partial charge >= 0.3 is 0 Å². The first-order valence-electron chi connectivity index (χ1n) is 5.68. The highest BCUT2D eigenvalue weighted by atomic mass is 35.5. The van der Waals surface area contributed by atoms with Crippen LogP contribution in [0.4, 0.5) is 0 Å². The number of piperidine rings is 1. The molecule has 1 aliphatic rings. The Hall–Kier alpha value is -0.580. The molecule has 0 aliphatic carbocycles. The molecule has 0 spiro atoms. The fourth-order valence-corrected chi connectivity index (χ4v) is 2.31. The third-order valence-corrected chi connectivity index (χ3v) is 3.05. The minimum absolute atomic E-state index is 0. The van der Waals surface area contributed by atoms with E-state index in [1.54, 1.807) is 6.26 Å². The topological polar surface area (TPSA) is 55.3 Å². The molecule has 92 valence electrons.